The molecular weight excluding hydrogens is 331 g/mol. The molecule has 1 aromatic carbocycles. The minimum absolute atomic E-state index is 0.336. The third kappa shape index (κ3) is 3.16. The summed E-state index contributed by atoms with van der Waals surface area (Å²) in [5, 5.41) is 11.8. The number of nitrogens with zero attached hydrogens (tertiary/aromatic N) is 6. The molecule has 0 amide bonds. The van der Waals surface area contributed by atoms with Crippen molar-refractivity contribution in [3.05, 3.63) is 24.3 Å². The first kappa shape index (κ1) is 16.9. The highest BCUT2D eigenvalue weighted by molar-refractivity contribution is 7.51. The van der Waals surface area contributed by atoms with Crippen molar-refractivity contribution in [3.8, 4) is 0 Å². The van der Waals surface area contributed by atoms with Crippen LogP contribution in [0.2, 0.25) is 0 Å². The van der Waals surface area contributed by atoms with Crippen molar-refractivity contribution in [2.24, 2.45) is 4.74 Å². The average molecular weight is 350 g/mol. The molecule has 128 valence electrons. The summed E-state index contributed by atoms with van der Waals surface area (Å²) in [7, 11) is -2.92. The van der Waals surface area contributed by atoms with Gasteiger partial charge in [-0.1, -0.05) is 12.1 Å². The van der Waals surface area contributed by atoms with Crippen LogP contribution in [-0.2, 0) is 13.6 Å². The molecule has 0 bridgehead atoms. The number of aromatic nitrogens is 5. The summed E-state index contributed by atoms with van der Waals surface area (Å²) in [4.78, 5) is 4.56. The van der Waals surface area contributed by atoms with Crippen LogP contribution in [0, 0.1) is 0 Å². The molecule has 2 aromatic heterocycles. The molecule has 0 aliphatic heterocycles. The van der Waals surface area contributed by atoms with Gasteiger partial charge in [-0.15, -0.1) is 5.10 Å². The summed E-state index contributed by atoms with van der Waals surface area (Å²) in [6.45, 7) is 6.82. The molecule has 0 aliphatic rings. The third-order valence-corrected chi connectivity index (χ3v) is 5.29. The molecule has 0 unspecified atom stereocenters. The number of tetrazole rings is 1. The van der Waals surface area contributed by atoms with Gasteiger partial charge < -0.3 is 13.6 Å². The van der Waals surface area contributed by atoms with E-state index in [1.807, 2.05) is 45.0 Å². The predicted molar refractivity (Wildman–Crippen MR) is 90.0 cm³/mol. The fraction of sp³-hybridized carbons (Fsp3) is 0.429. The van der Waals surface area contributed by atoms with E-state index in [4.69, 9.17) is 13.6 Å². The first-order valence-corrected chi connectivity index (χ1v) is 9.25. The van der Waals surface area contributed by atoms with Crippen molar-refractivity contribution in [1.29, 1.82) is 0 Å². The van der Waals surface area contributed by atoms with Crippen LogP contribution in [0.1, 0.15) is 20.8 Å². The Hall–Kier alpha value is -1.93. The van der Waals surface area contributed by atoms with E-state index in [2.05, 4.69) is 25.3 Å². The standard InChI is InChI=1S/C14H19N6O3P/c1-4-21-24(22-5-2,23-6-3)17-13-14-16-18-19-20(14)12-10-8-7-9-11(12)15-13/h7-10H,4-6H2,1-3H3. The van der Waals surface area contributed by atoms with E-state index in [-0.39, 0.29) is 0 Å². The van der Waals surface area contributed by atoms with Crippen LogP contribution in [0.15, 0.2) is 29.0 Å². The Bertz CT molecular complexity index is 873. The Balaban J connectivity index is 2.26. The first-order valence-electron chi connectivity index (χ1n) is 7.75. The maximum atomic E-state index is 5.73. The summed E-state index contributed by atoms with van der Waals surface area (Å²) in [5.74, 6) is 0.336. The van der Waals surface area contributed by atoms with Gasteiger partial charge in [0.05, 0.1) is 30.9 Å². The normalized spacial score (nSPS) is 12.1. The lowest BCUT2D eigenvalue weighted by Gasteiger charge is -2.21. The van der Waals surface area contributed by atoms with Crippen molar-refractivity contribution >= 4 is 30.2 Å². The van der Waals surface area contributed by atoms with E-state index in [1.54, 1.807) is 4.52 Å². The van der Waals surface area contributed by atoms with Crippen LogP contribution in [0.5, 0.6) is 0 Å². The Labute approximate surface area is 139 Å². The highest BCUT2D eigenvalue weighted by Crippen LogP contribution is 2.55. The molecule has 10 heteroatoms. The lowest BCUT2D eigenvalue weighted by molar-refractivity contribution is 0.163. The Morgan fingerprint density at radius 2 is 1.71 bits per heavy atom. The third-order valence-electron chi connectivity index (χ3n) is 3.10. The van der Waals surface area contributed by atoms with Gasteiger partial charge in [-0.2, -0.15) is 9.26 Å². The van der Waals surface area contributed by atoms with Crippen LogP contribution < -0.4 is 0 Å². The highest BCUT2D eigenvalue weighted by atomic mass is 31.2. The SMILES string of the molecule is CCOP(=Nc1nc2ccccc2n2nnnc12)(OCC)OCC. The summed E-state index contributed by atoms with van der Waals surface area (Å²) in [6.07, 6.45) is 0. The van der Waals surface area contributed by atoms with Gasteiger partial charge in [0.25, 0.3) is 0 Å². The molecule has 0 fully saturated rings. The van der Waals surface area contributed by atoms with Gasteiger partial charge in [-0.3, -0.25) is 0 Å². The molecule has 0 saturated carbocycles. The predicted octanol–water partition coefficient (Wildman–Crippen LogP) is 3.36. The number of hydrogen-bond donors (Lipinski definition) is 0. The Morgan fingerprint density at radius 3 is 2.38 bits per heavy atom. The van der Waals surface area contributed by atoms with Gasteiger partial charge in [0.1, 0.15) is 0 Å². The molecule has 3 rings (SSSR count). The van der Waals surface area contributed by atoms with Gasteiger partial charge >= 0.3 is 7.74 Å². The highest BCUT2D eigenvalue weighted by Gasteiger charge is 2.25. The van der Waals surface area contributed by atoms with Crippen molar-refractivity contribution in [2.75, 3.05) is 19.8 Å². The van der Waals surface area contributed by atoms with E-state index in [1.165, 1.54) is 0 Å². The number of para-hydroxylation sites is 2. The molecule has 9 nitrogen and oxygen atoms in total. The van der Waals surface area contributed by atoms with Crippen molar-refractivity contribution in [1.82, 2.24) is 25.0 Å². The van der Waals surface area contributed by atoms with Crippen molar-refractivity contribution in [3.63, 3.8) is 0 Å². The summed E-state index contributed by atoms with van der Waals surface area (Å²) in [5.41, 5.74) is 1.94. The van der Waals surface area contributed by atoms with Crippen LogP contribution in [0.25, 0.3) is 16.7 Å². The second-order valence-corrected chi connectivity index (χ2v) is 6.57. The summed E-state index contributed by atoms with van der Waals surface area (Å²) < 4.78 is 23.4. The molecule has 0 saturated heterocycles. The zero-order valence-electron chi connectivity index (χ0n) is 13.8. The van der Waals surface area contributed by atoms with E-state index in [0.717, 1.165) is 11.0 Å². The smallest absolute Gasteiger partial charge is 0.303 e. The number of rotatable bonds is 7. The van der Waals surface area contributed by atoms with Crippen LogP contribution >= 0.6 is 7.74 Å². The number of benzene rings is 1. The monoisotopic (exact) mass is 350 g/mol. The zero-order chi connectivity index (χ0) is 17.0. The molecule has 0 N–H and O–H groups in total. The van der Waals surface area contributed by atoms with Crippen molar-refractivity contribution in [2.45, 2.75) is 20.8 Å². The first-order chi connectivity index (χ1) is 11.7. The van der Waals surface area contributed by atoms with Gasteiger partial charge in [-0.25, -0.2) is 4.98 Å². The quantitative estimate of drug-likeness (QED) is 0.603. The second kappa shape index (κ2) is 7.31. The fourth-order valence-electron chi connectivity index (χ4n) is 2.26. The van der Waals surface area contributed by atoms with Gasteiger partial charge in [-0.05, 0) is 43.3 Å². The fourth-order valence-corrected chi connectivity index (χ4v) is 4.00. The van der Waals surface area contributed by atoms with Crippen LogP contribution in [-0.4, -0.2) is 44.8 Å². The van der Waals surface area contributed by atoms with E-state index in [0.29, 0.717) is 31.3 Å². The molecule has 0 spiro atoms. The molecular formula is C14H19N6O3P. The van der Waals surface area contributed by atoms with Gasteiger partial charge in [0.2, 0.25) is 11.5 Å². The van der Waals surface area contributed by atoms with Crippen LogP contribution in [0.3, 0.4) is 0 Å². The van der Waals surface area contributed by atoms with Gasteiger partial charge in [0, 0.05) is 0 Å². The van der Waals surface area contributed by atoms with E-state index < -0.39 is 7.74 Å². The topological polar surface area (TPSA) is 96.0 Å². The summed E-state index contributed by atoms with van der Waals surface area (Å²) >= 11 is 0. The molecule has 0 aliphatic carbocycles. The Kier molecular flexibility index (Phi) is 5.15. The van der Waals surface area contributed by atoms with Gasteiger partial charge in [0.15, 0.2) is 0 Å². The lowest BCUT2D eigenvalue weighted by atomic mass is 10.3. The molecule has 24 heavy (non-hydrogen) atoms. The van der Waals surface area contributed by atoms with Crippen LogP contribution in [0.4, 0.5) is 5.82 Å². The van der Waals surface area contributed by atoms with E-state index >= 15 is 0 Å². The number of fused-ring (bicyclic) bond motifs is 3. The molecule has 2 heterocycles. The minimum atomic E-state index is -2.92. The Morgan fingerprint density at radius 1 is 1.04 bits per heavy atom. The molecule has 0 atom stereocenters. The number of hydrogen-bond acceptors (Lipinski definition) is 8. The second-order valence-electron chi connectivity index (χ2n) is 4.66. The maximum absolute atomic E-state index is 5.73. The average Bonchev–Trinajstić information content (AvgIpc) is 3.06. The lowest BCUT2D eigenvalue weighted by Crippen LogP contribution is -2.01. The minimum Gasteiger partial charge on any atom is -0.303 e. The largest absolute Gasteiger partial charge is 0.362 e. The van der Waals surface area contributed by atoms with Crippen molar-refractivity contribution < 1.29 is 13.6 Å². The molecule has 3 aromatic rings. The summed E-state index contributed by atoms with van der Waals surface area (Å²) in [6, 6.07) is 7.56. The zero-order valence-corrected chi connectivity index (χ0v) is 14.7. The molecule has 0 radical (unpaired) electrons. The maximum Gasteiger partial charge on any atom is 0.362 e. The van der Waals surface area contributed by atoms with E-state index in [9.17, 15) is 0 Å².